The zero-order valence-electron chi connectivity index (χ0n) is 15.1. The minimum Gasteiger partial charge on any atom is -0.368 e. The number of thiophene rings is 1. The van der Waals surface area contributed by atoms with Crippen LogP contribution >= 0.6 is 22.9 Å². The molecule has 3 heterocycles. The molecule has 0 fully saturated rings. The molecule has 0 aliphatic carbocycles. The van der Waals surface area contributed by atoms with E-state index in [0.29, 0.717) is 27.0 Å². The fourth-order valence-electron chi connectivity index (χ4n) is 2.77. The highest BCUT2D eigenvalue weighted by molar-refractivity contribution is 7.17. The number of aromatic nitrogens is 5. The van der Waals surface area contributed by atoms with Crippen molar-refractivity contribution in [2.24, 2.45) is 0 Å². The molecule has 0 amide bonds. The van der Waals surface area contributed by atoms with Gasteiger partial charge in [-0.2, -0.15) is 15.0 Å². The van der Waals surface area contributed by atoms with Gasteiger partial charge >= 0.3 is 0 Å². The average molecular weight is 414 g/mol. The normalized spacial score (nSPS) is 11.1. The molecule has 0 saturated carbocycles. The van der Waals surface area contributed by atoms with E-state index in [2.05, 4.69) is 19.9 Å². The summed E-state index contributed by atoms with van der Waals surface area (Å²) < 4.78 is 1.47. The van der Waals surface area contributed by atoms with Gasteiger partial charge in [-0.1, -0.05) is 23.7 Å². The second-order valence-corrected chi connectivity index (χ2v) is 7.61. The molecular weight excluding hydrogens is 398 g/mol. The van der Waals surface area contributed by atoms with E-state index in [9.17, 15) is 4.79 Å². The van der Waals surface area contributed by atoms with Crippen LogP contribution in [0.15, 0.2) is 40.8 Å². The third-order valence-electron chi connectivity index (χ3n) is 4.11. The minimum absolute atomic E-state index is 0.105. The molecule has 1 aromatic carbocycles. The molecule has 28 heavy (non-hydrogen) atoms. The van der Waals surface area contributed by atoms with Crippen molar-refractivity contribution in [3.8, 4) is 11.1 Å². The Morgan fingerprint density at radius 3 is 2.64 bits per heavy atom. The fourth-order valence-corrected chi connectivity index (χ4v) is 3.80. The van der Waals surface area contributed by atoms with Crippen LogP contribution in [0.3, 0.4) is 0 Å². The number of fused-ring (bicyclic) bond motifs is 1. The number of halogens is 1. The number of hydrogen-bond donors (Lipinski definition) is 1. The Labute approximate surface area is 169 Å². The maximum absolute atomic E-state index is 13.1. The summed E-state index contributed by atoms with van der Waals surface area (Å²) in [5, 5.41) is 3.13. The third kappa shape index (κ3) is 3.41. The highest BCUT2D eigenvalue weighted by atomic mass is 35.5. The summed E-state index contributed by atoms with van der Waals surface area (Å²) in [6.45, 7) is 0.144. The molecule has 0 bridgehead atoms. The summed E-state index contributed by atoms with van der Waals surface area (Å²) in [5.41, 5.74) is 7.34. The summed E-state index contributed by atoms with van der Waals surface area (Å²) in [6.07, 6.45) is 1.50. The number of anilines is 2. The molecule has 0 atom stereocenters. The summed E-state index contributed by atoms with van der Waals surface area (Å²) in [7, 11) is 3.62. The van der Waals surface area contributed by atoms with Gasteiger partial charge in [-0.3, -0.25) is 9.36 Å². The van der Waals surface area contributed by atoms with Gasteiger partial charge in [0, 0.05) is 30.1 Å². The summed E-state index contributed by atoms with van der Waals surface area (Å²) in [5.74, 6) is 0.929. The molecule has 0 radical (unpaired) electrons. The van der Waals surface area contributed by atoms with E-state index >= 15 is 0 Å². The van der Waals surface area contributed by atoms with E-state index in [1.54, 1.807) is 17.0 Å². The Hall–Kier alpha value is -3.04. The Balaban J connectivity index is 1.79. The van der Waals surface area contributed by atoms with Gasteiger partial charge in [0.15, 0.2) is 5.82 Å². The maximum Gasteiger partial charge on any atom is 0.263 e. The second-order valence-electron chi connectivity index (χ2n) is 6.32. The first-order chi connectivity index (χ1) is 13.4. The smallest absolute Gasteiger partial charge is 0.263 e. The van der Waals surface area contributed by atoms with Crippen LogP contribution in [0.4, 0.5) is 11.9 Å². The van der Waals surface area contributed by atoms with Gasteiger partial charge in [0.05, 0.1) is 18.3 Å². The first-order valence-corrected chi connectivity index (χ1v) is 9.58. The first kappa shape index (κ1) is 18.3. The van der Waals surface area contributed by atoms with Gasteiger partial charge in [-0.25, -0.2) is 4.98 Å². The van der Waals surface area contributed by atoms with Crippen molar-refractivity contribution in [2.45, 2.75) is 6.54 Å². The number of nitrogens with zero attached hydrogens (tertiary/aromatic N) is 6. The quantitative estimate of drug-likeness (QED) is 0.548. The number of hydrogen-bond acceptors (Lipinski definition) is 8. The third-order valence-corrected chi connectivity index (χ3v) is 5.25. The zero-order chi connectivity index (χ0) is 19.8. The number of benzene rings is 1. The van der Waals surface area contributed by atoms with E-state index in [0.717, 1.165) is 11.1 Å². The van der Waals surface area contributed by atoms with Gasteiger partial charge < -0.3 is 10.6 Å². The highest BCUT2D eigenvalue weighted by Gasteiger charge is 2.15. The van der Waals surface area contributed by atoms with Crippen molar-refractivity contribution in [3.05, 3.63) is 57.2 Å². The Morgan fingerprint density at radius 1 is 1.18 bits per heavy atom. The van der Waals surface area contributed by atoms with Crippen molar-refractivity contribution in [2.75, 3.05) is 24.7 Å². The predicted molar refractivity (Wildman–Crippen MR) is 112 cm³/mol. The van der Waals surface area contributed by atoms with Crippen molar-refractivity contribution in [1.82, 2.24) is 24.5 Å². The molecule has 3 aromatic heterocycles. The van der Waals surface area contributed by atoms with E-state index in [1.165, 1.54) is 22.2 Å². The molecular formula is C18H16ClN7OS. The lowest BCUT2D eigenvalue weighted by molar-refractivity contribution is 0.701. The van der Waals surface area contributed by atoms with Crippen molar-refractivity contribution >= 4 is 45.1 Å². The summed E-state index contributed by atoms with van der Waals surface area (Å²) >= 11 is 7.40. The molecule has 0 spiro atoms. The largest absolute Gasteiger partial charge is 0.368 e. The Bertz CT molecular complexity index is 1220. The minimum atomic E-state index is -0.165. The average Bonchev–Trinajstić information content (AvgIpc) is 3.09. The van der Waals surface area contributed by atoms with Crippen LogP contribution in [-0.4, -0.2) is 38.6 Å². The lowest BCUT2D eigenvalue weighted by Gasteiger charge is -2.12. The highest BCUT2D eigenvalue weighted by Crippen LogP contribution is 2.31. The van der Waals surface area contributed by atoms with Gasteiger partial charge in [-0.05, 0) is 17.7 Å². The Kier molecular flexibility index (Phi) is 4.70. The monoisotopic (exact) mass is 413 g/mol. The van der Waals surface area contributed by atoms with Gasteiger partial charge in [-0.15, -0.1) is 11.3 Å². The molecule has 4 rings (SSSR count). The summed E-state index contributed by atoms with van der Waals surface area (Å²) in [4.78, 5) is 32.5. The topological polar surface area (TPSA) is 103 Å². The standard InChI is InChI=1S/C18H16ClN7OS/c1-25(2)18-23-13(22-17(20)24-18)7-26-9-21-15-14(16(26)27)12(8-28-15)10-3-5-11(19)6-4-10/h3-6,8-9H,7H2,1-2H3,(H2,20,22,23,24). The van der Waals surface area contributed by atoms with Crippen LogP contribution in [0.5, 0.6) is 0 Å². The van der Waals surface area contributed by atoms with Crippen LogP contribution < -0.4 is 16.2 Å². The van der Waals surface area contributed by atoms with Crippen molar-refractivity contribution in [3.63, 3.8) is 0 Å². The van der Waals surface area contributed by atoms with Crippen LogP contribution in [0.1, 0.15) is 5.82 Å². The molecule has 8 nitrogen and oxygen atoms in total. The molecule has 4 aromatic rings. The van der Waals surface area contributed by atoms with Crippen LogP contribution in [0.25, 0.3) is 21.3 Å². The molecule has 0 aliphatic heterocycles. The van der Waals surface area contributed by atoms with E-state index in [-0.39, 0.29) is 18.1 Å². The Morgan fingerprint density at radius 2 is 1.93 bits per heavy atom. The van der Waals surface area contributed by atoms with Gasteiger partial charge in [0.25, 0.3) is 5.56 Å². The van der Waals surface area contributed by atoms with Crippen molar-refractivity contribution in [1.29, 1.82) is 0 Å². The molecule has 2 N–H and O–H groups in total. The number of rotatable bonds is 4. The van der Waals surface area contributed by atoms with Crippen LogP contribution in [0.2, 0.25) is 5.02 Å². The fraction of sp³-hybridized carbons (Fsp3) is 0.167. The first-order valence-electron chi connectivity index (χ1n) is 8.32. The molecule has 10 heteroatoms. The molecule has 0 aliphatic rings. The van der Waals surface area contributed by atoms with Crippen LogP contribution in [-0.2, 0) is 6.54 Å². The maximum atomic E-state index is 13.1. The van der Waals surface area contributed by atoms with E-state index in [1.807, 2.05) is 31.6 Å². The van der Waals surface area contributed by atoms with Gasteiger partial charge in [0.2, 0.25) is 11.9 Å². The predicted octanol–water partition coefficient (Wildman–Crippen LogP) is 2.66. The van der Waals surface area contributed by atoms with E-state index in [4.69, 9.17) is 17.3 Å². The van der Waals surface area contributed by atoms with E-state index < -0.39 is 0 Å². The molecule has 0 unspecified atom stereocenters. The molecule has 0 saturated heterocycles. The lowest BCUT2D eigenvalue weighted by atomic mass is 10.1. The zero-order valence-corrected chi connectivity index (χ0v) is 16.7. The van der Waals surface area contributed by atoms with Crippen LogP contribution in [0, 0.1) is 0 Å². The SMILES string of the molecule is CN(C)c1nc(N)nc(Cn2cnc3scc(-c4ccc(Cl)cc4)c3c2=O)n1. The van der Waals surface area contributed by atoms with Crippen molar-refractivity contribution < 1.29 is 0 Å². The number of nitrogen functional groups attached to an aromatic ring is 1. The lowest BCUT2D eigenvalue weighted by Crippen LogP contribution is -2.23. The van der Waals surface area contributed by atoms with Gasteiger partial charge in [0.1, 0.15) is 4.83 Å². The molecule has 142 valence electrons. The summed E-state index contributed by atoms with van der Waals surface area (Å²) in [6, 6.07) is 7.37. The second kappa shape index (κ2) is 7.17. The number of nitrogens with two attached hydrogens (primary N) is 1.